The van der Waals surface area contributed by atoms with Crippen molar-refractivity contribution in [3.63, 3.8) is 0 Å². The van der Waals surface area contributed by atoms with Crippen molar-refractivity contribution in [1.29, 1.82) is 0 Å². The molecule has 1 aromatic heterocycles. The molecule has 0 fully saturated rings. The van der Waals surface area contributed by atoms with Gasteiger partial charge in [-0.25, -0.2) is 4.79 Å². The Kier molecular flexibility index (Phi) is 5.29. The molecule has 1 aliphatic rings. The van der Waals surface area contributed by atoms with Crippen molar-refractivity contribution in [3.8, 4) is 11.5 Å². The number of halogens is 1. The van der Waals surface area contributed by atoms with E-state index in [0.717, 1.165) is 34.1 Å². The molecule has 0 bridgehead atoms. The van der Waals surface area contributed by atoms with Crippen LogP contribution in [-0.4, -0.2) is 13.2 Å². The molecule has 0 radical (unpaired) electrons. The molecule has 0 saturated carbocycles. The number of quaternary nitrogens is 1. The SMILES string of the molecule is Cc1ccc2c(C[NH2+]Cc3cc(Cl)c4c(c3)OCCCO4)cc(=O)oc2c1C. The zero-order chi connectivity index (χ0) is 19.7. The molecule has 28 heavy (non-hydrogen) atoms. The van der Waals surface area contributed by atoms with E-state index in [4.69, 9.17) is 25.5 Å². The van der Waals surface area contributed by atoms with Crippen LogP contribution in [0.25, 0.3) is 11.0 Å². The minimum atomic E-state index is -0.316. The Balaban J connectivity index is 1.55. The maximum Gasteiger partial charge on any atom is 0.336 e. The molecule has 0 spiro atoms. The molecule has 2 aromatic carbocycles. The summed E-state index contributed by atoms with van der Waals surface area (Å²) >= 11 is 6.37. The zero-order valence-corrected chi connectivity index (χ0v) is 16.8. The molecule has 146 valence electrons. The third-order valence-electron chi connectivity index (χ3n) is 5.12. The maximum atomic E-state index is 12.0. The van der Waals surface area contributed by atoms with Crippen molar-refractivity contribution in [2.75, 3.05) is 13.2 Å². The van der Waals surface area contributed by atoms with Crippen LogP contribution in [-0.2, 0) is 13.1 Å². The number of benzene rings is 2. The standard InChI is InChI=1S/C22H22ClNO4/c1-13-4-5-17-16(10-20(25)28-21(17)14(13)2)12-24-11-15-8-18(23)22-19(9-15)26-6-3-7-27-22/h4-5,8-10,24H,3,6-7,11-12H2,1-2H3/p+1. The first-order valence-corrected chi connectivity index (χ1v) is 9.83. The summed E-state index contributed by atoms with van der Waals surface area (Å²) in [5.74, 6) is 1.32. The fourth-order valence-electron chi connectivity index (χ4n) is 3.49. The predicted octanol–water partition coefficient (Wildman–Crippen LogP) is 3.49. The highest BCUT2D eigenvalue weighted by molar-refractivity contribution is 6.32. The molecule has 0 atom stereocenters. The second kappa shape index (κ2) is 7.86. The first kappa shape index (κ1) is 18.8. The monoisotopic (exact) mass is 400 g/mol. The van der Waals surface area contributed by atoms with Crippen LogP contribution in [0, 0.1) is 13.8 Å². The second-order valence-electron chi connectivity index (χ2n) is 7.13. The normalized spacial score (nSPS) is 13.5. The van der Waals surface area contributed by atoms with E-state index in [-0.39, 0.29) is 5.63 Å². The maximum absolute atomic E-state index is 12.0. The first-order chi connectivity index (χ1) is 13.5. The Morgan fingerprint density at radius 2 is 1.89 bits per heavy atom. The fraction of sp³-hybridized carbons (Fsp3) is 0.318. The number of fused-ring (bicyclic) bond motifs is 2. The first-order valence-electron chi connectivity index (χ1n) is 9.45. The molecule has 2 heterocycles. The average Bonchev–Trinajstić information content (AvgIpc) is 2.91. The molecule has 5 nitrogen and oxygen atoms in total. The van der Waals surface area contributed by atoms with Gasteiger partial charge in [-0.3, -0.25) is 0 Å². The van der Waals surface area contributed by atoms with E-state index in [1.165, 1.54) is 0 Å². The van der Waals surface area contributed by atoms with Crippen LogP contribution in [0.4, 0.5) is 0 Å². The van der Waals surface area contributed by atoms with E-state index in [0.29, 0.717) is 48.4 Å². The summed E-state index contributed by atoms with van der Waals surface area (Å²) in [6.45, 7) is 6.61. The van der Waals surface area contributed by atoms with Crippen molar-refractivity contribution >= 4 is 22.6 Å². The van der Waals surface area contributed by atoms with Gasteiger partial charge in [0.2, 0.25) is 0 Å². The molecule has 1 aliphatic heterocycles. The topological polar surface area (TPSA) is 65.3 Å². The fourth-order valence-corrected chi connectivity index (χ4v) is 3.78. The van der Waals surface area contributed by atoms with E-state index in [2.05, 4.69) is 11.4 Å². The van der Waals surface area contributed by atoms with Gasteiger partial charge in [0.1, 0.15) is 18.7 Å². The summed E-state index contributed by atoms with van der Waals surface area (Å²) < 4.78 is 16.9. The summed E-state index contributed by atoms with van der Waals surface area (Å²) in [4.78, 5) is 12.0. The van der Waals surface area contributed by atoms with E-state index < -0.39 is 0 Å². The highest BCUT2D eigenvalue weighted by atomic mass is 35.5. The minimum absolute atomic E-state index is 0.316. The van der Waals surface area contributed by atoms with Crippen molar-refractivity contribution in [3.05, 3.63) is 68.0 Å². The van der Waals surface area contributed by atoms with E-state index >= 15 is 0 Å². The number of aryl methyl sites for hydroxylation is 2. The van der Waals surface area contributed by atoms with Gasteiger partial charge in [0.05, 0.1) is 18.2 Å². The van der Waals surface area contributed by atoms with Crippen LogP contribution >= 0.6 is 11.6 Å². The molecule has 4 rings (SSSR count). The summed E-state index contributed by atoms with van der Waals surface area (Å²) in [6.07, 6.45) is 0.842. The molecular formula is C22H23ClNO4+. The van der Waals surface area contributed by atoms with E-state index in [1.807, 2.05) is 32.0 Å². The van der Waals surface area contributed by atoms with Crippen molar-refractivity contribution in [1.82, 2.24) is 0 Å². The Bertz CT molecular complexity index is 1090. The summed E-state index contributed by atoms with van der Waals surface area (Å²) in [5, 5.41) is 3.69. The van der Waals surface area contributed by atoms with Gasteiger partial charge in [0.25, 0.3) is 0 Å². The van der Waals surface area contributed by atoms with Crippen LogP contribution in [0.3, 0.4) is 0 Å². The highest BCUT2D eigenvalue weighted by Crippen LogP contribution is 2.37. The van der Waals surface area contributed by atoms with Crippen LogP contribution in [0.15, 0.2) is 39.5 Å². The van der Waals surface area contributed by atoms with Crippen molar-refractivity contribution in [2.24, 2.45) is 0 Å². The van der Waals surface area contributed by atoms with Crippen LogP contribution < -0.4 is 20.4 Å². The predicted molar refractivity (Wildman–Crippen MR) is 108 cm³/mol. The van der Waals surface area contributed by atoms with Crippen LogP contribution in [0.1, 0.15) is 28.7 Å². The van der Waals surface area contributed by atoms with Crippen LogP contribution in [0.5, 0.6) is 11.5 Å². The summed E-state index contributed by atoms with van der Waals surface area (Å²) in [5.41, 5.74) is 4.49. The number of rotatable bonds is 4. The van der Waals surface area contributed by atoms with Gasteiger partial charge in [-0.15, -0.1) is 0 Å². The number of hydrogen-bond acceptors (Lipinski definition) is 4. The third kappa shape index (κ3) is 3.73. The average molecular weight is 401 g/mol. The van der Waals surface area contributed by atoms with Gasteiger partial charge >= 0.3 is 5.63 Å². The third-order valence-corrected chi connectivity index (χ3v) is 5.40. The van der Waals surface area contributed by atoms with E-state index in [1.54, 1.807) is 6.07 Å². The summed E-state index contributed by atoms with van der Waals surface area (Å²) in [7, 11) is 0. The zero-order valence-electron chi connectivity index (χ0n) is 16.0. The van der Waals surface area contributed by atoms with Crippen molar-refractivity contribution < 1.29 is 19.2 Å². The Morgan fingerprint density at radius 3 is 2.75 bits per heavy atom. The molecule has 6 heteroatoms. The molecule has 2 N–H and O–H groups in total. The van der Waals surface area contributed by atoms with Gasteiger partial charge < -0.3 is 19.2 Å². The van der Waals surface area contributed by atoms with E-state index in [9.17, 15) is 4.79 Å². The Hall–Kier alpha value is -2.50. The minimum Gasteiger partial charge on any atom is -0.489 e. The lowest BCUT2D eigenvalue weighted by atomic mass is 10.0. The lowest BCUT2D eigenvalue weighted by Gasteiger charge is -2.12. The Morgan fingerprint density at radius 1 is 1.07 bits per heavy atom. The lowest BCUT2D eigenvalue weighted by molar-refractivity contribution is -0.686. The van der Waals surface area contributed by atoms with Gasteiger partial charge in [-0.05, 0) is 37.1 Å². The number of nitrogens with two attached hydrogens (primary N) is 1. The van der Waals surface area contributed by atoms with Gasteiger partial charge in [0.15, 0.2) is 11.5 Å². The largest absolute Gasteiger partial charge is 0.489 e. The Labute approximate surface area is 168 Å². The smallest absolute Gasteiger partial charge is 0.336 e. The van der Waals surface area contributed by atoms with Gasteiger partial charge in [0, 0.05) is 29.0 Å². The molecule has 0 amide bonds. The highest BCUT2D eigenvalue weighted by Gasteiger charge is 2.16. The van der Waals surface area contributed by atoms with Gasteiger partial charge in [-0.2, -0.15) is 0 Å². The number of ether oxygens (including phenoxy) is 2. The van der Waals surface area contributed by atoms with Crippen molar-refractivity contribution in [2.45, 2.75) is 33.4 Å². The lowest BCUT2D eigenvalue weighted by Crippen LogP contribution is -2.80. The van der Waals surface area contributed by atoms with Crippen LogP contribution in [0.2, 0.25) is 5.02 Å². The number of hydrogen-bond donors (Lipinski definition) is 1. The molecule has 0 aliphatic carbocycles. The van der Waals surface area contributed by atoms with Gasteiger partial charge in [-0.1, -0.05) is 23.7 Å². The second-order valence-corrected chi connectivity index (χ2v) is 7.53. The summed E-state index contributed by atoms with van der Waals surface area (Å²) in [6, 6.07) is 9.55. The molecular weight excluding hydrogens is 378 g/mol. The molecule has 0 saturated heterocycles. The molecule has 3 aromatic rings. The quantitative estimate of drug-likeness (QED) is 0.681. The molecule has 0 unspecified atom stereocenters.